The van der Waals surface area contributed by atoms with Gasteiger partial charge in [0.2, 0.25) is 0 Å². The predicted molar refractivity (Wildman–Crippen MR) is 115 cm³/mol. The van der Waals surface area contributed by atoms with E-state index in [1.165, 1.54) is 0 Å². The minimum atomic E-state index is -0.486. The molecule has 2 aliphatic heterocycles. The maximum Gasteiger partial charge on any atom is 0.254 e. The lowest BCUT2D eigenvalue weighted by Crippen LogP contribution is -2.47. The first-order chi connectivity index (χ1) is 14.1. The molecule has 5 rings (SSSR count). The van der Waals surface area contributed by atoms with Crippen LogP contribution >= 0.6 is 15.9 Å². The van der Waals surface area contributed by atoms with Gasteiger partial charge in [-0.15, -0.1) is 0 Å². The van der Waals surface area contributed by atoms with Crippen molar-refractivity contribution >= 4 is 32.7 Å². The van der Waals surface area contributed by atoms with Crippen molar-refractivity contribution < 1.29 is 14.3 Å². The zero-order valence-electron chi connectivity index (χ0n) is 15.9. The van der Waals surface area contributed by atoms with Crippen molar-refractivity contribution in [3.63, 3.8) is 0 Å². The summed E-state index contributed by atoms with van der Waals surface area (Å²) in [5, 5.41) is 0.881. The average molecular weight is 453 g/mol. The molecule has 2 aliphatic rings. The van der Waals surface area contributed by atoms with Crippen LogP contribution in [-0.2, 0) is 9.47 Å². The van der Waals surface area contributed by atoms with Gasteiger partial charge in [-0.25, -0.2) is 4.98 Å². The quantitative estimate of drug-likeness (QED) is 0.567. The van der Waals surface area contributed by atoms with E-state index in [0.717, 1.165) is 26.6 Å². The average Bonchev–Trinajstić information content (AvgIpc) is 3.21. The van der Waals surface area contributed by atoms with Gasteiger partial charge in [-0.05, 0) is 24.3 Å². The monoisotopic (exact) mass is 452 g/mol. The molecule has 2 aromatic carbocycles. The molecule has 5 nitrogen and oxygen atoms in total. The summed E-state index contributed by atoms with van der Waals surface area (Å²) < 4.78 is 12.6. The number of pyridine rings is 1. The Balaban J connectivity index is 1.50. The highest BCUT2D eigenvalue weighted by Crippen LogP contribution is 2.33. The second-order valence-corrected chi connectivity index (χ2v) is 8.39. The third kappa shape index (κ3) is 3.56. The molecule has 6 heteroatoms. The van der Waals surface area contributed by atoms with Crippen LogP contribution in [0.15, 0.2) is 59.1 Å². The number of nitrogens with zero attached hydrogens (tertiary/aromatic N) is 2. The van der Waals surface area contributed by atoms with Gasteiger partial charge >= 0.3 is 0 Å². The van der Waals surface area contributed by atoms with Crippen LogP contribution in [0, 0.1) is 0 Å². The third-order valence-corrected chi connectivity index (χ3v) is 6.24. The molecule has 0 N–H and O–H groups in total. The number of piperidine rings is 1. The SMILES string of the molecule is O=C(c1cc(-c2ccc(Br)cc2)nc2ccccc12)N1CCC2(CC1)OCCO2. The summed E-state index contributed by atoms with van der Waals surface area (Å²) in [6.07, 6.45) is 1.42. The second-order valence-electron chi connectivity index (χ2n) is 7.48. The lowest BCUT2D eigenvalue weighted by molar-refractivity contribution is -0.181. The topological polar surface area (TPSA) is 51.7 Å². The lowest BCUT2D eigenvalue weighted by atomic mass is 10.00. The Morgan fingerprint density at radius 1 is 1.00 bits per heavy atom. The number of carbonyl (C=O) groups is 1. The first kappa shape index (κ1) is 18.7. The molecule has 148 valence electrons. The van der Waals surface area contributed by atoms with Crippen LogP contribution in [0.25, 0.3) is 22.2 Å². The molecule has 2 saturated heterocycles. The molecule has 0 aliphatic carbocycles. The fourth-order valence-corrected chi connectivity index (χ4v) is 4.39. The largest absolute Gasteiger partial charge is 0.347 e. The summed E-state index contributed by atoms with van der Waals surface area (Å²) in [5.74, 6) is -0.450. The Morgan fingerprint density at radius 3 is 2.41 bits per heavy atom. The van der Waals surface area contributed by atoms with Crippen LogP contribution < -0.4 is 0 Å². The number of para-hydroxylation sites is 1. The zero-order valence-corrected chi connectivity index (χ0v) is 17.5. The number of likely N-dealkylation sites (tertiary alicyclic amines) is 1. The number of benzene rings is 2. The second kappa shape index (κ2) is 7.52. The summed E-state index contributed by atoms with van der Waals surface area (Å²) in [5.41, 5.74) is 3.30. The molecule has 0 atom stereocenters. The maximum atomic E-state index is 13.5. The molecule has 1 aromatic heterocycles. The van der Waals surface area contributed by atoms with Gasteiger partial charge in [-0.1, -0.05) is 46.3 Å². The summed E-state index contributed by atoms with van der Waals surface area (Å²) in [4.78, 5) is 20.2. The van der Waals surface area contributed by atoms with Gasteiger partial charge < -0.3 is 14.4 Å². The summed E-state index contributed by atoms with van der Waals surface area (Å²) in [7, 11) is 0. The molecular formula is C23H21BrN2O3. The number of aromatic nitrogens is 1. The Kier molecular flexibility index (Phi) is 4.86. The van der Waals surface area contributed by atoms with Crippen molar-refractivity contribution in [1.29, 1.82) is 0 Å². The van der Waals surface area contributed by atoms with E-state index >= 15 is 0 Å². The van der Waals surface area contributed by atoms with Gasteiger partial charge in [0.05, 0.1) is 30.0 Å². The van der Waals surface area contributed by atoms with Gasteiger partial charge in [0.25, 0.3) is 5.91 Å². The number of ether oxygens (including phenoxy) is 2. The number of rotatable bonds is 2. The van der Waals surface area contributed by atoms with Crippen LogP contribution in [0.5, 0.6) is 0 Å². The fourth-order valence-electron chi connectivity index (χ4n) is 4.13. The van der Waals surface area contributed by atoms with Crippen molar-refractivity contribution in [2.45, 2.75) is 18.6 Å². The fraction of sp³-hybridized carbons (Fsp3) is 0.304. The van der Waals surface area contributed by atoms with Gasteiger partial charge in [-0.3, -0.25) is 4.79 Å². The van der Waals surface area contributed by atoms with Crippen LogP contribution in [0.1, 0.15) is 23.2 Å². The van der Waals surface area contributed by atoms with Crippen molar-refractivity contribution in [2.75, 3.05) is 26.3 Å². The normalized spacial score (nSPS) is 18.4. The standard InChI is InChI=1S/C23H21BrN2O3/c24-17-7-5-16(6-8-17)21-15-19(18-3-1-2-4-20(18)25-21)22(27)26-11-9-23(10-12-26)28-13-14-29-23/h1-8,15H,9-14H2. The predicted octanol–water partition coefficient (Wildman–Crippen LogP) is 4.64. The van der Waals surface area contributed by atoms with E-state index in [1.54, 1.807) is 0 Å². The van der Waals surface area contributed by atoms with E-state index in [9.17, 15) is 4.79 Å². The van der Waals surface area contributed by atoms with Crippen molar-refractivity contribution in [2.24, 2.45) is 0 Å². The van der Waals surface area contributed by atoms with Gasteiger partial charge in [0.15, 0.2) is 5.79 Å². The molecule has 1 spiro atoms. The van der Waals surface area contributed by atoms with Gasteiger partial charge in [0.1, 0.15) is 0 Å². The molecule has 0 bridgehead atoms. The minimum absolute atomic E-state index is 0.0369. The number of hydrogen-bond acceptors (Lipinski definition) is 4. The van der Waals surface area contributed by atoms with Gasteiger partial charge in [0, 0.05) is 41.4 Å². The molecule has 29 heavy (non-hydrogen) atoms. The molecule has 2 fully saturated rings. The van der Waals surface area contributed by atoms with Crippen LogP contribution in [-0.4, -0.2) is 47.9 Å². The number of carbonyl (C=O) groups excluding carboxylic acids is 1. The lowest BCUT2D eigenvalue weighted by Gasteiger charge is -2.37. The molecule has 1 amide bonds. The number of halogens is 1. The molecule has 0 radical (unpaired) electrons. The smallest absolute Gasteiger partial charge is 0.254 e. The highest BCUT2D eigenvalue weighted by molar-refractivity contribution is 9.10. The molecular weight excluding hydrogens is 432 g/mol. The summed E-state index contributed by atoms with van der Waals surface area (Å²) >= 11 is 3.47. The van der Waals surface area contributed by atoms with Crippen molar-refractivity contribution in [3.05, 3.63) is 64.6 Å². The van der Waals surface area contributed by atoms with E-state index in [0.29, 0.717) is 44.7 Å². The van der Waals surface area contributed by atoms with Crippen LogP contribution in [0.2, 0.25) is 0 Å². The zero-order chi connectivity index (χ0) is 19.8. The molecule has 3 aromatic rings. The highest BCUT2D eigenvalue weighted by atomic mass is 79.9. The number of amides is 1. The first-order valence-electron chi connectivity index (χ1n) is 9.87. The third-order valence-electron chi connectivity index (χ3n) is 5.71. The van der Waals surface area contributed by atoms with E-state index in [2.05, 4.69) is 15.9 Å². The Bertz CT molecular complexity index is 1050. The number of hydrogen-bond donors (Lipinski definition) is 0. The van der Waals surface area contributed by atoms with Crippen molar-refractivity contribution in [3.8, 4) is 11.3 Å². The summed E-state index contributed by atoms with van der Waals surface area (Å²) in [6, 6.07) is 17.7. The Hall–Kier alpha value is -2.28. The van der Waals surface area contributed by atoms with Crippen LogP contribution in [0.3, 0.4) is 0 Å². The minimum Gasteiger partial charge on any atom is -0.347 e. The summed E-state index contributed by atoms with van der Waals surface area (Å²) in [6.45, 7) is 2.53. The Morgan fingerprint density at radius 2 is 1.69 bits per heavy atom. The molecule has 0 saturated carbocycles. The first-order valence-corrected chi connectivity index (χ1v) is 10.7. The van der Waals surface area contributed by atoms with E-state index < -0.39 is 5.79 Å². The van der Waals surface area contributed by atoms with Crippen LogP contribution in [0.4, 0.5) is 0 Å². The van der Waals surface area contributed by atoms with E-state index in [4.69, 9.17) is 14.5 Å². The van der Waals surface area contributed by atoms with E-state index in [1.807, 2.05) is 59.5 Å². The highest BCUT2D eigenvalue weighted by Gasteiger charge is 2.41. The number of fused-ring (bicyclic) bond motifs is 1. The maximum absolute atomic E-state index is 13.5. The van der Waals surface area contributed by atoms with Gasteiger partial charge in [-0.2, -0.15) is 0 Å². The Labute approximate surface area is 177 Å². The van der Waals surface area contributed by atoms with E-state index in [-0.39, 0.29) is 5.91 Å². The molecule has 0 unspecified atom stereocenters. The molecule has 3 heterocycles. The van der Waals surface area contributed by atoms with Crippen molar-refractivity contribution in [1.82, 2.24) is 9.88 Å².